The highest BCUT2D eigenvalue weighted by Gasteiger charge is 2.24. The Hall–Kier alpha value is -1.97. The van der Waals surface area contributed by atoms with Crippen LogP contribution < -0.4 is 15.0 Å². The number of carboxylic acids is 1. The van der Waals surface area contributed by atoms with Crippen molar-refractivity contribution in [2.24, 2.45) is 5.41 Å². The number of carbonyl (C=O) groups is 2. The van der Waals surface area contributed by atoms with Gasteiger partial charge in [-0.3, -0.25) is 9.59 Å². The Morgan fingerprint density at radius 1 is 1.18 bits per heavy atom. The molecule has 1 rings (SSSR count). The first-order valence-corrected chi connectivity index (χ1v) is 7.79. The number of rotatable bonds is 6. The molecule has 0 aromatic heterocycles. The molecule has 1 aromatic carbocycles. The molecule has 0 saturated heterocycles. The van der Waals surface area contributed by atoms with E-state index in [9.17, 15) is 18.0 Å². The lowest BCUT2D eigenvalue weighted by Crippen LogP contribution is -2.40. The fraction of sp³-hybridized carbons (Fsp3) is 0.385. The van der Waals surface area contributed by atoms with E-state index in [4.69, 9.17) is 9.84 Å². The van der Waals surface area contributed by atoms with E-state index in [-0.39, 0.29) is 10.6 Å². The minimum atomic E-state index is -3.89. The van der Waals surface area contributed by atoms with Crippen molar-refractivity contribution in [1.29, 1.82) is 0 Å². The number of hydrogen-bond donors (Lipinski definition) is 3. The largest absolute Gasteiger partial charge is 0.480 e. The van der Waals surface area contributed by atoms with Crippen LogP contribution in [0.2, 0.25) is 0 Å². The highest BCUT2D eigenvalue weighted by molar-refractivity contribution is 7.89. The lowest BCUT2D eigenvalue weighted by molar-refractivity contribution is -0.143. The first kappa shape index (κ1) is 18.1. The standard InChI is InChI=1S/C13H18N2O6S/c1-13(2,3)12(18)21-9-4-6-10(7-5-9)22(19,20)15-14-8-11(16)17/h4-7,14-15H,8H2,1-3H3,(H,16,17). The van der Waals surface area contributed by atoms with Crippen LogP contribution in [0.4, 0.5) is 0 Å². The molecule has 0 aliphatic heterocycles. The summed E-state index contributed by atoms with van der Waals surface area (Å²) in [6.45, 7) is 4.55. The zero-order valence-electron chi connectivity index (χ0n) is 12.4. The van der Waals surface area contributed by atoms with Gasteiger partial charge in [-0.05, 0) is 45.0 Å². The molecule has 22 heavy (non-hydrogen) atoms. The van der Waals surface area contributed by atoms with Crippen LogP contribution in [0.1, 0.15) is 20.8 Å². The number of ether oxygens (including phenoxy) is 1. The molecule has 0 unspecified atom stereocenters. The van der Waals surface area contributed by atoms with E-state index in [1.807, 2.05) is 4.83 Å². The molecule has 0 atom stereocenters. The summed E-state index contributed by atoms with van der Waals surface area (Å²) in [6.07, 6.45) is 0. The van der Waals surface area contributed by atoms with Crippen LogP contribution in [0, 0.1) is 5.41 Å². The van der Waals surface area contributed by atoms with Crippen molar-refractivity contribution < 1.29 is 27.9 Å². The molecule has 0 bridgehead atoms. The summed E-state index contributed by atoms with van der Waals surface area (Å²) in [6, 6.07) is 5.18. The molecular weight excluding hydrogens is 312 g/mol. The van der Waals surface area contributed by atoms with Gasteiger partial charge >= 0.3 is 11.9 Å². The van der Waals surface area contributed by atoms with Gasteiger partial charge in [-0.15, -0.1) is 4.83 Å². The fourth-order valence-corrected chi connectivity index (χ4v) is 2.09. The predicted octanol–water partition coefficient (Wildman–Crippen LogP) is 0.506. The van der Waals surface area contributed by atoms with Crippen LogP contribution in [0.5, 0.6) is 5.75 Å². The molecule has 0 spiro atoms. The molecule has 0 saturated carbocycles. The molecule has 0 fully saturated rings. The second-order valence-corrected chi connectivity index (χ2v) is 7.15. The fourth-order valence-electron chi connectivity index (χ4n) is 1.21. The van der Waals surface area contributed by atoms with Crippen molar-refractivity contribution in [2.45, 2.75) is 25.7 Å². The molecule has 0 aliphatic rings. The van der Waals surface area contributed by atoms with E-state index < -0.39 is 33.9 Å². The molecule has 0 radical (unpaired) electrons. The van der Waals surface area contributed by atoms with Crippen LogP contribution in [0.15, 0.2) is 29.2 Å². The Morgan fingerprint density at radius 3 is 2.18 bits per heavy atom. The molecule has 1 aromatic rings. The summed E-state index contributed by atoms with van der Waals surface area (Å²) in [5.41, 5.74) is 1.39. The molecule has 0 aliphatic carbocycles. The summed E-state index contributed by atoms with van der Waals surface area (Å²) in [5.74, 6) is -1.42. The van der Waals surface area contributed by atoms with Crippen molar-refractivity contribution in [3.63, 3.8) is 0 Å². The monoisotopic (exact) mass is 330 g/mol. The van der Waals surface area contributed by atoms with Gasteiger partial charge in [0.25, 0.3) is 10.0 Å². The van der Waals surface area contributed by atoms with E-state index >= 15 is 0 Å². The third-order valence-electron chi connectivity index (χ3n) is 2.40. The third kappa shape index (κ3) is 5.43. The Morgan fingerprint density at radius 2 is 1.73 bits per heavy atom. The zero-order chi connectivity index (χ0) is 17.0. The normalized spacial score (nSPS) is 12.0. The highest BCUT2D eigenvalue weighted by Crippen LogP contribution is 2.20. The Labute approximate surface area is 128 Å². The van der Waals surface area contributed by atoms with Crippen molar-refractivity contribution in [3.05, 3.63) is 24.3 Å². The Balaban J connectivity index is 2.75. The highest BCUT2D eigenvalue weighted by atomic mass is 32.2. The van der Waals surface area contributed by atoms with Gasteiger partial charge in [-0.2, -0.15) is 0 Å². The molecule has 8 nitrogen and oxygen atoms in total. The van der Waals surface area contributed by atoms with Crippen molar-refractivity contribution in [2.75, 3.05) is 6.54 Å². The summed E-state index contributed by atoms with van der Waals surface area (Å²) in [4.78, 5) is 23.8. The minimum absolute atomic E-state index is 0.0963. The van der Waals surface area contributed by atoms with Gasteiger partial charge in [0.2, 0.25) is 0 Å². The molecule has 0 amide bonds. The Kier molecular flexibility index (Phi) is 5.64. The minimum Gasteiger partial charge on any atom is -0.480 e. The lowest BCUT2D eigenvalue weighted by Gasteiger charge is -2.16. The van der Waals surface area contributed by atoms with Crippen molar-refractivity contribution in [3.8, 4) is 5.75 Å². The third-order valence-corrected chi connectivity index (χ3v) is 3.71. The average Bonchev–Trinajstić information content (AvgIpc) is 2.37. The molecule has 3 N–H and O–H groups in total. The average molecular weight is 330 g/mol. The van der Waals surface area contributed by atoms with Crippen LogP contribution in [-0.2, 0) is 19.6 Å². The van der Waals surface area contributed by atoms with E-state index in [0.717, 1.165) is 0 Å². The number of carbonyl (C=O) groups excluding carboxylic acids is 1. The van der Waals surface area contributed by atoms with Gasteiger partial charge < -0.3 is 9.84 Å². The topological polar surface area (TPSA) is 122 Å². The van der Waals surface area contributed by atoms with Crippen molar-refractivity contribution in [1.82, 2.24) is 10.3 Å². The maximum Gasteiger partial charge on any atom is 0.318 e. The quantitative estimate of drug-likeness (QED) is 0.394. The Bertz CT molecular complexity index is 646. The van der Waals surface area contributed by atoms with Gasteiger partial charge in [-0.1, -0.05) is 0 Å². The summed E-state index contributed by atoms with van der Waals surface area (Å²) in [7, 11) is -3.89. The summed E-state index contributed by atoms with van der Waals surface area (Å²) < 4.78 is 28.8. The smallest absolute Gasteiger partial charge is 0.318 e. The number of hydrogen-bond acceptors (Lipinski definition) is 6. The maximum atomic E-state index is 11.8. The van der Waals surface area contributed by atoms with Crippen LogP contribution in [0.3, 0.4) is 0 Å². The summed E-state index contributed by atoms with van der Waals surface area (Å²) in [5, 5.41) is 8.42. The lowest BCUT2D eigenvalue weighted by atomic mass is 9.97. The number of nitrogens with one attached hydrogen (secondary N) is 2. The van der Waals surface area contributed by atoms with Crippen molar-refractivity contribution >= 4 is 22.0 Å². The molecule has 0 heterocycles. The summed E-state index contributed by atoms with van der Waals surface area (Å²) >= 11 is 0. The first-order chi connectivity index (χ1) is 10.0. The van der Waals surface area contributed by atoms with E-state index in [0.29, 0.717) is 0 Å². The van der Waals surface area contributed by atoms with Gasteiger partial charge in [0.1, 0.15) is 12.3 Å². The van der Waals surface area contributed by atoms with Crippen LogP contribution in [0.25, 0.3) is 0 Å². The van der Waals surface area contributed by atoms with E-state index in [1.54, 1.807) is 20.8 Å². The molecular formula is C13H18N2O6S. The number of esters is 1. The van der Waals surface area contributed by atoms with Crippen LogP contribution >= 0.6 is 0 Å². The van der Waals surface area contributed by atoms with E-state index in [1.165, 1.54) is 24.3 Å². The van der Waals surface area contributed by atoms with Crippen LogP contribution in [-0.4, -0.2) is 32.0 Å². The van der Waals surface area contributed by atoms with Gasteiger partial charge in [0.15, 0.2) is 0 Å². The van der Waals surface area contributed by atoms with E-state index in [2.05, 4.69) is 5.43 Å². The maximum absolute atomic E-state index is 11.8. The zero-order valence-corrected chi connectivity index (χ0v) is 13.2. The second kappa shape index (κ2) is 6.86. The van der Waals surface area contributed by atoms with Gasteiger partial charge in [0.05, 0.1) is 10.3 Å². The molecule has 9 heteroatoms. The van der Waals surface area contributed by atoms with Gasteiger partial charge in [0, 0.05) is 0 Å². The van der Waals surface area contributed by atoms with Gasteiger partial charge in [-0.25, -0.2) is 13.8 Å². The number of hydrazine groups is 1. The number of benzene rings is 1. The molecule has 122 valence electrons. The SMILES string of the molecule is CC(C)(C)C(=O)Oc1ccc(S(=O)(=O)NNCC(=O)O)cc1. The number of aliphatic carboxylic acids is 1. The number of carboxylic acid groups (broad SMARTS) is 1. The predicted molar refractivity (Wildman–Crippen MR) is 77.5 cm³/mol. The second-order valence-electron chi connectivity index (χ2n) is 5.46. The number of sulfonamides is 1. The first-order valence-electron chi connectivity index (χ1n) is 6.31.